The summed E-state index contributed by atoms with van der Waals surface area (Å²) < 4.78 is 19.7. The van der Waals surface area contributed by atoms with Gasteiger partial charge in [0.25, 0.3) is 0 Å². The molecule has 0 bridgehead atoms. The number of hydrogen-bond acceptors (Lipinski definition) is 7. The Labute approximate surface area is 184 Å². The number of anilines is 1. The molecule has 8 nitrogen and oxygen atoms in total. The summed E-state index contributed by atoms with van der Waals surface area (Å²) in [4.78, 5) is 28.1. The second kappa shape index (κ2) is 8.64. The molecule has 164 valence electrons. The number of carbonyl (C=O) groups excluding carboxylic acids is 1. The summed E-state index contributed by atoms with van der Waals surface area (Å²) in [6, 6.07) is -0.373. The van der Waals surface area contributed by atoms with Gasteiger partial charge in [0.1, 0.15) is 11.3 Å². The maximum atomic E-state index is 14.5. The zero-order valence-corrected chi connectivity index (χ0v) is 18.7. The van der Waals surface area contributed by atoms with E-state index in [2.05, 4.69) is 15.0 Å². The molecule has 2 atom stereocenters. The molecular weight excluding hydrogens is 436 g/mol. The quantitative estimate of drug-likeness (QED) is 0.552. The van der Waals surface area contributed by atoms with Crippen molar-refractivity contribution < 1.29 is 19.0 Å². The number of aliphatic hydroxyl groups excluding tert-OH is 1. The van der Waals surface area contributed by atoms with Gasteiger partial charge in [-0.1, -0.05) is 11.6 Å². The number of halogens is 3. The van der Waals surface area contributed by atoms with Gasteiger partial charge >= 0.3 is 6.09 Å². The number of aliphatic hydroxyl groups is 1. The van der Waals surface area contributed by atoms with Gasteiger partial charge in [0, 0.05) is 24.8 Å². The molecule has 3 rings (SSSR count). The predicted octanol–water partition coefficient (Wildman–Crippen LogP) is 3.67. The average Bonchev–Trinajstić information content (AvgIpc) is 2.63. The molecule has 1 aliphatic heterocycles. The first kappa shape index (κ1) is 22.7. The van der Waals surface area contributed by atoms with Crippen LogP contribution in [0, 0.1) is 5.82 Å². The Hall–Kier alpha value is -1.97. The normalized spacial score (nSPS) is 19.8. The third-order valence-electron chi connectivity index (χ3n) is 4.85. The second-order valence-electron chi connectivity index (χ2n) is 8.13. The van der Waals surface area contributed by atoms with Crippen molar-refractivity contribution in [2.45, 2.75) is 51.8 Å². The third-order valence-corrected chi connectivity index (χ3v) is 5.29. The number of carbonyl (C=O) groups is 1. The Morgan fingerprint density at radius 2 is 2.07 bits per heavy atom. The van der Waals surface area contributed by atoms with Gasteiger partial charge < -0.3 is 14.7 Å². The van der Waals surface area contributed by atoms with Crippen LogP contribution in [0.5, 0.6) is 0 Å². The molecule has 0 aromatic carbocycles. The molecule has 0 radical (unpaired) electrons. The standard InChI is InChI=1S/C19H24Cl2FN5O3/c1-5-30-18(29)27(19(2,3)4)10-6-11(28)9-26(8-10)16-12-7-23-15(20)13(22)14(12)24-17(21)25-16/h7,10-11,28H,5-6,8-9H2,1-4H3/t10-,11+/m0/s1. The van der Waals surface area contributed by atoms with Crippen molar-refractivity contribution in [3.05, 3.63) is 22.5 Å². The highest BCUT2D eigenvalue weighted by Crippen LogP contribution is 2.32. The van der Waals surface area contributed by atoms with E-state index in [0.717, 1.165) is 0 Å². The SMILES string of the molecule is CCOC(=O)N([C@H]1C[C@@H](O)CN(c2nc(Cl)nc3c(F)c(Cl)ncc23)C1)C(C)(C)C. The fourth-order valence-corrected chi connectivity index (χ4v) is 4.11. The van der Waals surface area contributed by atoms with Crippen LogP contribution < -0.4 is 4.90 Å². The van der Waals surface area contributed by atoms with E-state index in [-0.39, 0.29) is 35.1 Å². The minimum Gasteiger partial charge on any atom is -0.450 e. The van der Waals surface area contributed by atoms with Crippen molar-refractivity contribution in [3.63, 3.8) is 0 Å². The third kappa shape index (κ3) is 4.53. The van der Waals surface area contributed by atoms with E-state index in [1.165, 1.54) is 6.20 Å². The van der Waals surface area contributed by atoms with Gasteiger partial charge in [-0.3, -0.25) is 4.90 Å². The summed E-state index contributed by atoms with van der Waals surface area (Å²) >= 11 is 11.8. The summed E-state index contributed by atoms with van der Waals surface area (Å²) in [7, 11) is 0. The van der Waals surface area contributed by atoms with E-state index in [1.807, 2.05) is 20.8 Å². The maximum Gasteiger partial charge on any atom is 0.410 e. The number of fused-ring (bicyclic) bond motifs is 1. The lowest BCUT2D eigenvalue weighted by atomic mass is 9.96. The Kier molecular flexibility index (Phi) is 6.54. The van der Waals surface area contributed by atoms with Crippen molar-refractivity contribution in [3.8, 4) is 0 Å². The van der Waals surface area contributed by atoms with Gasteiger partial charge in [-0.05, 0) is 45.7 Å². The van der Waals surface area contributed by atoms with Crippen molar-refractivity contribution in [1.82, 2.24) is 19.9 Å². The first-order valence-corrected chi connectivity index (χ1v) is 10.3. The molecule has 1 fully saturated rings. The minimum absolute atomic E-state index is 0.0558. The van der Waals surface area contributed by atoms with Gasteiger partial charge in [0.05, 0.1) is 24.1 Å². The summed E-state index contributed by atoms with van der Waals surface area (Å²) in [6.45, 7) is 8.23. The van der Waals surface area contributed by atoms with E-state index >= 15 is 0 Å². The highest BCUT2D eigenvalue weighted by Gasteiger charge is 2.39. The zero-order chi connectivity index (χ0) is 22.2. The summed E-state index contributed by atoms with van der Waals surface area (Å²) in [5.74, 6) is -0.480. The van der Waals surface area contributed by atoms with Crippen LogP contribution in [-0.2, 0) is 4.74 Å². The van der Waals surface area contributed by atoms with Crippen molar-refractivity contribution in [1.29, 1.82) is 0 Å². The monoisotopic (exact) mass is 459 g/mol. The summed E-state index contributed by atoms with van der Waals surface area (Å²) in [5, 5.41) is 10.4. The van der Waals surface area contributed by atoms with Crippen LogP contribution in [-0.4, -0.2) is 68.4 Å². The molecule has 1 N–H and O–H groups in total. The number of piperidine rings is 1. The molecule has 1 saturated heterocycles. The lowest BCUT2D eigenvalue weighted by Crippen LogP contribution is -2.60. The van der Waals surface area contributed by atoms with Crippen LogP contribution in [0.15, 0.2) is 6.20 Å². The van der Waals surface area contributed by atoms with Crippen LogP contribution in [0.1, 0.15) is 34.1 Å². The zero-order valence-electron chi connectivity index (χ0n) is 17.2. The second-order valence-corrected chi connectivity index (χ2v) is 8.83. The van der Waals surface area contributed by atoms with E-state index in [0.29, 0.717) is 24.2 Å². The van der Waals surface area contributed by atoms with E-state index in [4.69, 9.17) is 27.9 Å². The highest BCUT2D eigenvalue weighted by molar-refractivity contribution is 6.30. The van der Waals surface area contributed by atoms with Crippen LogP contribution in [0.3, 0.4) is 0 Å². The lowest BCUT2D eigenvalue weighted by molar-refractivity contribution is 0.0225. The number of ether oxygens (including phenoxy) is 1. The van der Waals surface area contributed by atoms with Gasteiger partial charge in [-0.15, -0.1) is 0 Å². The van der Waals surface area contributed by atoms with Crippen LogP contribution in [0.4, 0.5) is 15.0 Å². The molecule has 30 heavy (non-hydrogen) atoms. The number of aromatic nitrogens is 3. The number of rotatable bonds is 3. The van der Waals surface area contributed by atoms with Gasteiger partial charge in [0.15, 0.2) is 11.0 Å². The Balaban J connectivity index is 2.04. The van der Waals surface area contributed by atoms with Gasteiger partial charge in [0.2, 0.25) is 5.28 Å². The fourth-order valence-electron chi connectivity index (χ4n) is 3.80. The maximum absolute atomic E-state index is 14.5. The first-order valence-electron chi connectivity index (χ1n) is 9.59. The van der Waals surface area contributed by atoms with Crippen LogP contribution in [0.2, 0.25) is 10.4 Å². The van der Waals surface area contributed by atoms with Crippen molar-refractivity contribution in [2.75, 3.05) is 24.6 Å². The van der Waals surface area contributed by atoms with Gasteiger partial charge in [-0.2, -0.15) is 4.98 Å². The number of β-amino-alcohol motifs (C(OH)–C–C–N with tert-alkyl or cyclic N) is 1. The molecule has 0 unspecified atom stereocenters. The average molecular weight is 460 g/mol. The molecule has 0 aliphatic carbocycles. The minimum atomic E-state index is -0.795. The Morgan fingerprint density at radius 1 is 1.37 bits per heavy atom. The molecule has 1 amide bonds. The van der Waals surface area contributed by atoms with E-state index < -0.39 is 23.6 Å². The molecule has 1 aliphatic rings. The highest BCUT2D eigenvalue weighted by atomic mass is 35.5. The summed E-state index contributed by atoms with van der Waals surface area (Å²) in [6.07, 6.45) is 0.517. The Morgan fingerprint density at radius 3 is 2.70 bits per heavy atom. The molecule has 0 spiro atoms. The molecule has 2 aromatic rings. The van der Waals surface area contributed by atoms with Crippen LogP contribution >= 0.6 is 23.2 Å². The number of amides is 1. The molecule has 3 heterocycles. The van der Waals surface area contributed by atoms with E-state index in [1.54, 1.807) is 16.7 Å². The Bertz CT molecular complexity index is 956. The van der Waals surface area contributed by atoms with Crippen molar-refractivity contribution >= 4 is 46.0 Å². The van der Waals surface area contributed by atoms with Crippen LogP contribution in [0.25, 0.3) is 10.9 Å². The number of hydrogen-bond donors (Lipinski definition) is 1. The smallest absolute Gasteiger partial charge is 0.410 e. The fraction of sp³-hybridized carbons (Fsp3) is 0.579. The topological polar surface area (TPSA) is 91.7 Å². The molecule has 11 heteroatoms. The number of nitrogens with zero attached hydrogens (tertiary/aromatic N) is 5. The summed E-state index contributed by atoms with van der Waals surface area (Å²) in [5.41, 5.74) is -0.605. The molecule has 2 aromatic heterocycles. The first-order chi connectivity index (χ1) is 14.0. The molecular formula is C19H24Cl2FN5O3. The molecule has 0 saturated carbocycles. The lowest BCUT2D eigenvalue weighted by Gasteiger charge is -2.46. The van der Waals surface area contributed by atoms with Crippen molar-refractivity contribution in [2.24, 2.45) is 0 Å². The van der Waals surface area contributed by atoms with Gasteiger partial charge in [-0.25, -0.2) is 19.2 Å². The number of pyridine rings is 1. The van der Waals surface area contributed by atoms with E-state index in [9.17, 15) is 14.3 Å². The predicted molar refractivity (Wildman–Crippen MR) is 113 cm³/mol. The largest absolute Gasteiger partial charge is 0.450 e.